The minimum absolute atomic E-state index is 0.670. The molecule has 2 aliphatic rings. The van der Waals surface area contributed by atoms with Crippen LogP contribution in [-0.4, -0.2) is 28.3 Å². The van der Waals surface area contributed by atoms with Crippen molar-refractivity contribution in [2.24, 2.45) is 5.92 Å². The molecule has 2 fully saturated rings. The lowest BCUT2D eigenvalue weighted by molar-refractivity contribution is 0.406. The summed E-state index contributed by atoms with van der Waals surface area (Å²) in [4.78, 5) is 7.10. The normalized spacial score (nSPS) is 25.2. The van der Waals surface area contributed by atoms with Crippen molar-refractivity contribution in [3.05, 3.63) is 5.82 Å². The SMILES string of the molecule is ClCCC1CCCN(c2nc(C3CC3)ns2)C1. The van der Waals surface area contributed by atoms with Crippen molar-refractivity contribution in [3.63, 3.8) is 0 Å². The molecule has 0 amide bonds. The van der Waals surface area contributed by atoms with Crippen molar-refractivity contribution >= 4 is 28.3 Å². The lowest BCUT2D eigenvalue weighted by atomic mass is 9.96. The van der Waals surface area contributed by atoms with Crippen LogP contribution in [0.2, 0.25) is 0 Å². The zero-order chi connectivity index (χ0) is 11.7. The van der Waals surface area contributed by atoms with Crippen LogP contribution in [-0.2, 0) is 0 Å². The van der Waals surface area contributed by atoms with E-state index in [4.69, 9.17) is 16.6 Å². The molecular formula is C12H18ClN3S. The standard InChI is InChI=1S/C12H18ClN3S/c13-6-5-9-2-1-7-16(8-9)12-14-11(15-17-12)10-3-4-10/h9-10H,1-8H2. The number of piperidine rings is 1. The first kappa shape index (κ1) is 11.7. The van der Waals surface area contributed by atoms with Crippen LogP contribution in [0.3, 0.4) is 0 Å². The highest BCUT2D eigenvalue weighted by molar-refractivity contribution is 7.09. The van der Waals surface area contributed by atoms with Gasteiger partial charge in [-0.3, -0.25) is 0 Å². The average molecular weight is 272 g/mol. The number of nitrogens with zero attached hydrogens (tertiary/aromatic N) is 3. The maximum absolute atomic E-state index is 5.84. The van der Waals surface area contributed by atoms with E-state index in [1.165, 1.54) is 25.7 Å². The Morgan fingerprint density at radius 2 is 2.24 bits per heavy atom. The van der Waals surface area contributed by atoms with Crippen LogP contribution in [0, 0.1) is 5.92 Å². The van der Waals surface area contributed by atoms with Gasteiger partial charge in [0.05, 0.1) is 0 Å². The second-order valence-electron chi connectivity index (χ2n) is 5.14. The monoisotopic (exact) mass is 271 g/mol. The van der Waals surface area contributed by atoms with Gasteiger partial charge >= 0.3 is 0 Å². The highest BCUT2D eigenvalue weighted by atomic mass is 35.5. The summed E-state index contributed by atoms with van der Waals surface area (Å²) in [6.07, 6.45) is 6.28. The summed E-state index contributed by atoms with van der Waals surface area (Å²) in [7, 11) is 0. The number of alkyl halides is 1. The van der Waals surface area contributed by atoms with Crippen LogP contribution in [0.4, 0.5) is 5.13 Å². The molecule has 94 valence electrons. The molecule has 3 rings (SSSR count). The molecule has 0 radical (unpaired) electrons. The Bertz CT molecular complexity index is 376. The van der Waals surface area contributed by atoms with Gasteiger partial charge in [-0.25, -0.2) is 4.98 Å². The summed E-state index contributed by atoms with van der Waals surface area (Å²) in [6, 6.07) is 0. The van der Waals surface area contributed by atoms with Crippen molar-refractivity contribution < 1.29 is 0 Å². The molecule has 5 heteroatoms. The van der Waals surface area contributed by atoms with E-state index in [1.807, 2.05) is 0 Å². The third-order valence-electron chi connectivity index (χ3n) is 3.68. The predicted octanol–water partition coefficient (Wildman–Crippen LogP) is 3.26. The van der Waals surface area contributed by atoms with E-state index in [0.717, 1.165) is 42.3 Å². The third kappa shape index (κ3) is 2.74. The number of anilines is 1. The lowest BCUT2D eigenvalue weighted by Crippen LogP contribution is -2.35. The molecule has 0 aromatic carbocycles. The van der Waals surface area contributed by atoms with E-state index < -0.39 is 0 Å². The molecule has 1 aliphatic heterocycles. The van der Waals surface area contributed by atoms with Crippen LogP contribution in [0.1, 0.15) is 43.8 Å². The first-order chi connectivity index (χ1) is 8.36. The molecule has 3 nitrogen and oxygen atoms in total. The molecule has 1 aromatic heterocycles. The van der Waals surface area contributed by atoms with E-state index in [2.05, 4.69) is 9.27 Å². The van der Waals surface area contributed by atoms with Crippen LogP contribution >= 0.6 is 23.1 Å². The molecule has 1 atom stereocenters. The van der Waals surface area contributed by atoms with Gasteiger partial charge in [-0.1, -0.05) is 0 Å². The Labute approximate surface area is 111 Å². The molecule has 1 aliphatic carbocycles. The molecule has 0 bridgehead atoms. The second-order valence-corrected chi connectivity index (χ2v) is 6.25. The summed E-state index contributed by atoms with van der Waals surface area (Å²) < 4.78 is 4.49. The summed E-state index contributed by atoms with van der Waals surface area (Å²) in [5.41, 5.74) is 0. The fraction of sp³-hybridized carbons (Fsp3) is 0.833. The molecule has 1 unspecified atom stereocenters. The van der Waals surface area contributed by atoms with Gasteiger partial charge in [0.2, 0.25) is 5.13 Å². The Kier molecular flexibility index (Phi) is 3.52. The molecule has 0 N–H and O–H groups in total. The van der Waals surface area contributed by atoms with E-state index in [1.54, 1.807) is 11.5 Å². The van der Waals surface area contributed by atoms with Crippen molar-refractivity contribution in [1.29, 1.82) is 0 Å². The summed E-state index contributed by atoms with van der Waals surface area (Å²) >= 11 is 7.41. The van der Waals surface area contributed by atoms with Crippen molar-refractivity contribution in [3.8, 4) is 0 Å². The third-order valence-corrected chi connectivity index (χ3v) is 4.69. The van der Waals surface area contributed by atoms with E-state index in [9.17, 15) is 0 Å². The Balaban J connectivity index is 1.65. The van der Waals surface area contributed by atoms with Crippen molar-refractivity contribution in [2.75, 3.05) is 23.9 Å². The predicted molar refractivity (Wildman–Crippen MR) is 72.2 cm³/mol. The Morgan fingerprint density at radius 3 is 3.00 bits per heavy atom. The molecular weight excluding hydrogens is 254 g/mol. The molecule has 1 saturated heterocycles. The van der Waals surface area contributed by atoms with E-state index >= 15 is 0 Å². The van der Waals surface area contributed by atoms with Crippen LogP contribution in [0.5, 0.6) is 0 Å². The minimum atomic E-state index is 0.670. The van der Waals surface area contributed by atoms with Crippen molar-refractivity contribution in [1.82, 2.24) is 9.36 Å². The molecule has 2 heterocycles. The van der Waals surface area contributed by atoms with Gasteiger partial charge in [0.15, 0.2) is 0 Å². The molecule has 17 heavy (non-hydrogen) atoms. The second kappa shape index (κ2) is 5.11. The first-order valence-corrected chi connectivity index (χ1v) is 7.82. The van der Waals surface area contributed by atoms with Crippen LogP contribution in [0.15, 0.2) is 0 Å². The fourth-order valence-electron chi connectivity index (χ4n) is 2.49. The molecule has 0 spiro atoms. The molecule has 1 saturated carbocycles. The van der Waals surface area contributed by atoms with E-state index in [-0.39, 0.29) is 0 Å². The van der Waals surface area contributed by atoms with Gasteiger partial charge in [-0.15, -0.1) is 11.6 Å². The van der Waals surface area contributed by atoms with Gasteiger partial charge in [-0.05, 0) is 38.0 Å². The summed E-state index contributed by atoms with van der Waals surface area (Å²) in [5, 5.41) is 1.13. The zero-order valence-corrected chi connectivity index (χ0v) is 11.5. The van der Waals surface area contributed by atoms with Gasteiger partial charge in [0.25, 0.3) is 0 Å². The number of hydrogen-bond acceptors (Lipinski definition) is 4. The minimum Gasteiger partial charge on any atom is -0.347 e. The van der Waals surface area contributed by atoms with Gasteiger partial charge in [0.1, 0.15) is 5.82 Å². The first-order valence-electron chi connectivity index (χ1n) is 6.51. The van der Waals surface area contributed by atoms with Gasteiger partial charge in [0, 0.05) is 36.4 Å². The highest BCUT2D eigenvalue weighted by Gasteiger charge is 2.29. The Hall–Kier alpha value is -0.350. The number of halogens is 1. The van der Waals surface area contributed by atoms with Gasteiger partial charge < -0.3 is 4.90 Å². The largest absolute Gasteiger partial charge is 0.347 e. The van der Waals surface area contributed by atoms with Crippen molar-refractivity contribution in [2.45, 2.75) is 38.0 Å². The van der Waals surface area contributed by atoms with Gasteiger partial charge in [-0.2, -0.15) is 4.37 Å². The number of aromatic nitrogens is 2. The van der Waals surface area contributed by atoms with Crippen LogP contribution < -0.4 is 4.90 Å². The maximum Gasteiger partial charge on any atom is 0.205 e. The van der Waals surface area contributed by atoms with Crippen LogP contribution in [0.25, 0.3) is 0 Å². The highest BCUT2D eigenvalue weighted by Crippen LogP contribution is 2.40. The number of rotatable bonds is 4. The summed E-state index contributed by atoms with van der Waals surface area (Å²) in [5.74, 6) is 3.28. The number of hydrogen-bond donors (Lipinski definition) is 0. The molecule has 1 aromatic rings. The lowest BCUT2D eigenvalue weighted by Gasteiger charge is -2.31. The quantitative estimate of drug-likeness (QED) is 0.787. The smallest absolute Gasteiger partial charge is 0.205 e. The average Bonchev–Trinajstić information content (AvgIpc) is 3.08. The topological polar surface area (TPSA) is 29.0 Å². The van der Waals surface area contributed by atoms with E-state index in [0.29, 0.717) is 5.92 Å². The maximum atomic E-state index is 5.84. The zero-order valence-electron chi connectivity index (χ0n) is 9.94. The fourth-order valence-corrected chi connectivity index (χ4v) is 3.58. The summed E-state index contributed by atoms with van der Waals surface area (Å²) in [6.45, 7) is 2.25. The Morgan fingerprint density at radius 1 is 1.35 bits per heavy atom.